The molecule has 0 aliphatic carbocycles. The van der Waals surface area contributed by atoms with E-state index in [0.717, 1.165) is 11.3 Å². The molecule has 1 amide bonds. The third-order valence-corrected chi connectivity index (χ3v) is 3.15. The minimum absolute atomic E-state index is 0.0733. The van der Waals surface area contributed by atoms with Crippen LogP contribution >= 0.6 is 0 Å². The lowest BCUT2D eigenvalue weighted by molar-refractivity contribution is -0.121. The summed E-state index contributed by atoms with van der Waals surface area (Å²) in [6.45, 7) is 4.77. The molecular weight excluding hydrogens is 306 g/mol. The Morgan fingerprint density at radius 2 is 1.96 bits per heavy atom. The van der Waals surface area contributed by atoms with Crippen molar-refractivity contribution in [3.63, 3.8) is 0 Å². The maximum absolute atomic E-state index is 11.6. The lowest BCUT2D eigenvalue weighted by atomic mass is 10.2. The minimum Gasteiger partial charge on any atom is -0.494 e. The van der Waals surface area contributed by atoms with Gasteiger partial charge in [0.1, 0.15) is 11.5 Å². The maximum Gasteiger partial charge on any atom is 0.221 e. The number of ether oxygens (including phenoxy) is 2. The summed E-state index contributed by atoms with van der Waals surface area (Å²) in [6.07, 6.45) is 1.96. The Balaban J connectivity index is 1.93. The minimum atomic E-state index is -0.152. The van der Waals surface area contributed by atoms with Crippen LogP contribution in [0.25, 0.3) is 0 Å². The fourth-order valence-corrected chi connectivity index (χ4v) is 2.07. The van der Waals surface area contributed by atoms with E-state index in [2.05, 4.69) is 10.3 Å². The van der Waals surface area contributed by atoms with E-state index in [-0.39, 0.29) is 11.9 Å². The number of rotatable bonds is 8. The predicted molar refractivity (Wildman–Crippen MR) is 92.0 cm³/mol. The average Bonchev–Trinajstić information content (AvgIpc) is 2.55. The summed E-state index contributed by atoms with van der Waals surface area (Å²) in [6, 6.07) is 10.8. The standard InChI is InChI=1S/C18H23N3O3/c1-3-23-15-4-6-16(7-5-15)24-18-11-14(8-9-20-18)12-21-17(22)10-13(2)19/h4-9,11,13H,3,10,12,19H2,1-2H3,(H,21,22). The lowest BCUT2D eigenvalue weighted by Gasteiger charge is -2.09. The van der Waals surface area contributed by atoms with Crippen LogP contribution in [0.15, 0.2) is 42.6 Å². The number of nitrogens with two attached hydrogens (primary N) is 1. The third kappa shape index (κ3) is 5.89. The van der Waals surface area contributed by atoms with Gasteiger partial charge in [0.2, 0.25) is 11.8 Å². The molecular formula is C18H23N3O3. The molecule has 3 N–H and O–H groups in total. The van der Waals surface area contributed by atoms with Gasteiger partial charge in [-0.15, -0.1) is 0 Å². The van der Waals surface area contributed by atoms with Gasteiger partial charge in [-0.1, -0.05) is 0 Å². The second kappa shape index (κ2) is 8.88. The summed E-state index contributed by atoms with van der Waals surface area (Å²) in [5.41, 5.74) is 6.51. The number of carbonyl (C=O) groups excluding carboxylic acids is 1. The maximum atomic E-state index is 11.6. The molecule has 0 aliphatic heterocycles. The molecule has 1 atom stereocenters. The Kier molecular flexibility index (Phi) is 6.57. The van der Waals surface area contributed by atoms with E-state index < -0.39 is 0 Å². The molecule has 2 aromatic rings. The van der Waals surface area contributed by atoms with Crippen LogP contribution in [-0.2, 0) is 11.3 Å². The molecule has 6 nitrogen and oxygen atoms in total. The molecule has 0 bridgehead atoms. The predicted octanol–water partition coefficient (Wildman–Crippen LogP) is 2.63. The number of pyridine rings is 1. The van der Waals surface area contributed by atoms with E-state index >= 15 is 0 Å². The third-order valence-electron chi connectivity index (χ3n) is 3.15. The Morgan fingerprint density at radius 1 is 1.25 bits per heavy atom. The molecule has 0 saturated heterocycles. The molecule has 0 spiro atoms. The zero-order valence-electron chi connectivity index (χ0n) is 14.0. The van der Waals surface area contributed by atoms with Crippen molar-refractivity contribution in [2.45, 2.75) is 32.9 Å². The van der Waals surface area contributed by atoms with Crippen LogP contribution < -0.4 is 20.5 Å². The molecule has 0 saturated carbocycles. The average molecular weight is 329 g/mol. The number of hydrogen-bond acceptors (Lipinski definition) is 5. The second-order valence-corrected chi connectivity index (χ2v) is 5.47. The van der Waals surface area contributed by atoms with Crippen molar-refractivity contribution in [2.75, 3.05) is 6.61 Å². The molecule has 1 aromatic heterocycles. The Labute approximate surface area is 142 Å². The lowest BCUT2D eigenvalue weighted by Crippen LogP contribution is -2.29. The first kappa shape index (κ1) is 17.7. The molecule has 0 fully saturated rings. The van der Waals surface area contributed by atoms with E-state index in [1.165, 1.54) is 0 Å². The van der Waals surface area contributed by atoms with Crippen molar-refractivity contribution in [3.05, 3.63) is 48.2 Å². The van der Waals surface area contributed by atoms with Gasteiger partial charge in [0.25, 0.3) is 0 Å². The van der Waals surface area contributed by atoms with E-state index in [9.17, 15) is 4.79 Å². The van der Waals surface area contributed by atoms with Gasteiger partial charge in [-0.2, -0.15) is 0 Å². The first-order valence-electron chi connectivity index (χ1n) is 7.94. The van der Waals surface area contributed by atoms with Gasteiger partial charge in [-0.25, -0.2) is 4.98 Å². The summed E-state index contributed by atoms with van der Waals surface area (Å²) in [5.74, 6) is 1.86. The number of nitrogens with one attached hydrogen (secondary N) is 1. The largest absolute Gasteiger partial charge is 0.494 e. The van der Waals surface area contributed by atoms with Crippen molar-refractivity contribution >= 4 is 5.91 Å². The van der Waals surface area contributed by atoms with Gasteiger partial charge in [0, 0.05) is 31.3 Å². The van der Waals surface area contributed by atoms with Gasteiger partial charge in [-0.3, -0.25) is 4.79 Å². The van der Waals surface area contributed by atoms with Gasteiger partial charge in [0.15, 0.2) is 0 Å². The summed E-state index contributed by atoms with van der Waals surface area (Å²) < 4.78 is 11.1. The zero-order chi connectivity index (χ0) is 17.4. The number of carbonyl (C=O) groups is 1. The first-order chi connectivity index (χ1) is 11.6. The molecule has 1 heterocycles. The number of amides is 1. The Morgan fingerprint density at radius 3 is 2.62 bits per heavy atom. The Bertz CT molecular complexity index is 657. The van der Waals surface area contributed by atoms with Crippen LogP contribution in [0.2, 0.25) is 0 Å². The molecule has 128 valence electrons. The summed E-state index contributed by atoms with van der Waals surface area (Å²) >= 11 is 0. The molecule has 24 heavy (non-hydrogen) atoms. The van der Waals surface area contributed by atoms with Gasteiger partial charge in [0.05, 0.1) is 6.61 Å². The highest BCUT2D eigenvalue weighted by atomic mass is 16.5. The topological polar surface area (TPSA) is 86.5 Å². The number of benzene rings is 1. The van der Waals surface area contributed by atoms with Crippen LogP contribution in [0.5, 0.6) is 17.4 Å². The van der Waals surface area contributed by atoms with Crippen molar-refractivity contribution in [1.29, 1.82) is 0 Å². The summed E-state index contributed by atoms with van der Waals surface area (Å²) in [5, 5.41) is 2.82. The molecule has 6 heteroatoms. The summed E-state index contributed by atoms with van der Waals surface area (Å²) in [4.78, 5) is 15.8. The Hall–Kier alpha value is -2.60. The quantitative estimate of drug-likeness (QED) is 0.777. The van der Waals surface area contributed by atoms with Crippen molar-refractivity contribution in [2.24, 2.45) is 5.73 Å². The van der Waals surface area contributed by atoms with Gasteiger partial charge < -0.3 is 20.5 Å². The van der Waals surface area contributed by atoms with Gasteiger partial charge in [-0.05, 0) is 49.7 Å². The van der Waals surface area contributed by atoms with Crippen molar-refractivity contribution in [1.82, 2.24) is 10.3 Å². The number of aromatic nitrogens is 1. The molecule has 1 unspecified atom stereocenters. The van der Waals surface area contributed by atoms with Crippen LogP contribution in [0.4, 0.5) is 0 Å². The highest BCUT2D eigenvalue weighted by Gasteiger charge is 2.06. The fourth-order valence-electron chi connectivity index (χ4n) is 2.07. The number of nitrogens with zero attached hydrogens (tertiary/aromatic N) is 1. The molecule has 0 radical (unpaired) electrons. The van der Waals surface area contributed by atoms with Crippen LogP contribution in [0, 0.1) is 0 Å². The monoisotopic (exact) mass is 329 g/mol. The van der Waals surface area contributed by atoms with Crippen molar-refractivity contribution in [3.8, 4) is 17.4 Å². The first-order valence-corrected chi connectivity index (χ1v) is 7.94. The molecule has 1 aromatic carbocycles. The fraction of sp³-hybridized carbons (Fsp3) is 0.333. The van der Waals surface area contributed by atoms with E-state index in [4.69, 9.17) is 15.2 Å². The SMILES string of the molecule is CCOc1ccc(Oc2cc(CNC(=O)CC(C)N)ccn2)cc1. The van der Waals surface area contributed by atoms with E-state index in [1.54, 1.807) is 19.2 Å². The van der Waals surface area contributed by atoms with E-state index in [1.807, 2.05) is 37.3 Å². The second-order valence-electron chi connectivity index (χ2n) is 5.47. The number of hydrogen-bond donors (Lipinski definition) is 2. The highest BCUT2D eigenvalue weighted by Crippen LogP contribution is 2.23. The highest BCUT2D eigenvalue weighted by molar-refractivity contribution is 5.76. The van der Waals surface area contributed by atoms with Crippen molar-refractivity contribution < 1.29 is 14.3 Å². The molecule has 0 aliphatic rings. The van der Waals surface area contributed by atoms with Crippen LogP contribution in [-0.4, -0.2) is 23.5 Å². The normalized spacial score (nSPS) is 11.6. The van der Waals surface area contributed by atoms with E-state index in [0.29, 0.717) is 31.2 Å². The zero-order valence-corrected chi connectivity index (χ0v) is 14.0. The smallest absolute Gasteiger partial charge is 0.221 e. The molecule has 2 rings (SSSR count). The van der Waals surface area contributed by atoms with Crippen LogP contribution in [0.3, 0.4) is 0 Å². The van der Waals surface area contributed by atoms with Gasteiger partial charge >= 0.3 is 0 Å². The van der Waals surface area contributed by atoms with Crippen LogP contribution in [0.1, 0.15) is 25.8 Å². The summed E-state index contributed by atoms with van der Waals surface area (Å²) in [7, 11) is 0.